The van der Waals surface area contributed by atoms with E-state index in [-0.39, 0.29) is 5.56 Å². The molecular weight excluding hydrogens is 326 g/mol. The summed E-state index contributed by atoms with van der Waals surface area (Å²) in [6.45, 7) is 1.70. The van der Waals surface area contributed by atoms with Gasteiger partial charge in [0.25, 0.3) is 5.56 Å². The van der Waals surface area contributed by atoms with Crippen molar-refractivity contribution in [3.8, 4) is 0 Å². The summed E-state index contributed by atoms with van der Waals surface area (Å²) in [4.78, 5) is 19.4. The van der Waals surface area contributed by atoms with E-state index in [2.05, 4.69) is 9.97 Å². The first-order valence-corrected chi connectivity index (χ1v) is 9.26. The molecule has 0 amide bonds. The van der Waals surface area contributed by atoms with Crippen molar-refractivity contribution in [2.24, 2.45) is 0 Å². The van der Waals surface area contributed by atoms with E-state index in [0.717, 1.165) is 6.26 Å². The van der Waals surface area contributed by atoms with Crippen LogP contribution < -0.4 is 9.86 Å². The van der Waals surface area contributed by atoms with Crippen LogP contribution >= 0.6 is 0 Å². The molecule has 0 aliphatic carbocycles. The van der Waals surface area contributed by atoms with Crippen molar-refractivity contribution < 1.29 is 8.42 Å². The number of rotatable bonds is 4. The van der Waals surface area contributed by atoms with Crippen LogP contribution in [-0.4, -0.2) is 24.6 Å². The van der Waals surface area contributed by atoms with Crippen LogP contribution in [0.3, 0.4) is 0 Å². The number of aromatic amines is 1. The Kier molecular flexibility index (Phi) is 4.11. The fraction of sp³-hybridized carbons (Fsp3) is 0.176. The molecule has 0 saturated carbocycles. The molecule has 3 rings (SSSR count). The number of sulfonamides is 1. The Bertz CT molecular complexity index is 1030. The van der Waals surface area contributed by atoms with E-state index in [1.807, 2.05) is 6.07 Å². The van der Waals surface area contributed by atoms with Crippen LogP contribution in [0.1, 0.15) is 18.8 Å². The van der Waals surface area contributed by atoms with Crippen molar-refractivity contribution >= 4 is 26.6 Å². The summed E-state index contributed by atoms with van der Waals surface area (Å²) in [7, 11) is -3.56. The van der Waals surface area contributed by atoms with E-state index < -0.39 is 16.1 Å². The smallest absolute Gasteiger partial charge is 0.258 e. The molecule has 7 heteroatoms. The lowest BCUT2D eigenvalue weighted by atomic mass is 10.2. The Hall–Kier alpha value is -2.67. The van der Waals surface area contributed by atoms with E-state index in [1.165, 1.54) is 4.31 Å². The highest BCUT2D eigenvalue weighted by atomic mass is 32.2. The van der Waals surface area contributed by atoms with Gasteiger partial charge in [0.2, 0.25) is 10.0 Å². The number of aromatic nitrogens is 2. The molecule has 6 nitrogen and oxygen atoms in total. The molecule has 0 unspecified atom stereocenters. The Morgan fingerprint density at radius 2 is 1.67 bits per heavy atom. The number of H-pyrrole nitrogens is 1. The molecule has 1 aromatic heterocycles. The number of hydrogen-bond acceptors (Lipinski definition) is 4. The first kappa shape index (κ1) is 16.2. The zero-order valence-corrected chi connectivity index (χ0v) is 14.1. The predicted molar refractivity (Wildman–Crippen MR) is 94.5 cm³/mol. The van der Waals surface area contributed by atoms with Gasteiger partial charge in [-0.3, -0.25) is 9.10 Å². The van der Waals surface area contributed by atoms with Gasteiger partial charge in [-0.25, -0.2) is 13.4 Å². The third-order valence-electron chi connectivity index (χ3n) is 3.75. The van der Waals surface area contributed by atoms with E-state index >= 15 is 0 Å². The van der Waals surface area contributed by atoms with Crippen LogP contribution in [0.5, 0.6) is 0 Å². The molecule has 3 aromatic rings. The number of anilines is 1. The highest BCUT2D eigenvalue weighted by Gasteiger charge is 2.26. The Labute approximate surface area is 139 Å². The van der Waals surface area contributed by atoms with Crippen LogP contribution in [-0.2, 0) is 10.0 Å². The third kappa shape index (κ3) is 3.03. The molecule has 0 aliphatic rings. The molecule has 0 aliphatic heterocycles. The van der Waals surface area contributed by atoms with Crippen molar-refractivity contribution in [3.63, 3.8) is 0 Å². The normalized spacial score (nSPS) is 12.9. The number of nitrogens with zero attached hydrogens (tertiary/aromatic N) is 2. The first-order valence-electron chi connectivity index (χ1n) is 7.41. The van der Waals surface area contributed by atoms with Crippen LogP contribution in [0.2, 0.25) is 0 Å². The number of para-hydroxylation sites is 2. The summed E-state index contributed by atoms with van der Waals surface area (Å²) in [6, 6.07) is 15.0. The fourth-order valence-corrected chi connectivity index (χ4v) is 3.87. The molecule has 24 heavy (non-hydrogen) atoms. The van der Waals surface area contributed by atoms with Gasteiger partial charge in [-0.2, -0.15) is 0 Å². The lowest BCUT2D eigenvalue weighted by Gasteiger charge is -2.28. The van der Waals surface area contributed by atoms with Crippen LogP contribution in [0, 0.1) is 0 Å². The monoisotopic (exact) mass is 343 g/mol. The maximum absolute atomic E-state index is 12.3. The summed E-state index contributed by atoms with van der Waals surface area (Å²) < 4.78 is 25.9. The minimum atomic E-state index is -3.56. The first-order chi connectivity index (χ1) is 11.4. The lowest BCUT2D eigenvalue weighted by molar-refractivity contribution is 0.585. The van der Waals surface area contributed by atoms with Gasteiger partial charge in [0.05, 0.1) is 22.8 Å². The van der Waals surface area contributed by atoms with E-state index in [4.69, 9.17) is 0 Å². The summed E-state index contributed by atoms with van der Waals surface area (Å²) in [5, 5.41) is 0.471. The van der Waals surface area contributed by atoms with Crippen molar-refractivity contribution in [1.29, 1.82) is 0 Å². The summed E-state index contributed by atoms with van der Waals surface area (Å²) in [5.74, 6) is 0.299. The topological polar surface area (TPSA) is 83.1 Å². The minimum absolute atomic E-state index is 0.288. The van der Waals surface area contributed by atoms with Crippen molar-refractivity contribution in [2.45, 2.75) is 13.0 Å². The highest BCUT2D eigenvalue weighted by molar-refractivity contribution is 7.92. The van der Waals surface area contributed by atoms with Gasteiger partial charge >= 0.3 is 0 Å². The maximum Gasteiger partial charge on any atom is 0.258 e. The second kappa shape index (κ2) is 6.09. The molecule has 1 atom stereocenters. The Morgan fingerprint density at radius 1 is 1.04 bits per heavy atom. The van der Waals surface area contributed by atoms with Crippen molar-refractivity contribution in [2.75, 3.05) is 10.6 Å². The standard InChI is InChI=1S/C17H17N3O3S/c1-12(20(24(2,22)23)13-8-4-3-5-9-13)16-18-15-11-7-6-10-14(15)17(21)19-16/h3-12H,1-2H3,(H,18,19,21)/t12-/m0/s1. The zero-order chi connectivity index (χ0) is 17.3. The predicted octanol–water partition coefficient (Wildman–Crippen LogP) is 2.45. The van der Waals surface area contributed by atoms with E-state index in [1.54, 1.807) is 55.5 Å². The van der Waals surface area contributed by atoms with Crippen LogP contribution in [0.25, 0.3) is 10.9 Å². The molecule has 1 N–H and O–H groups in total. The van der Waals surface area contributed by atoms with E-state index in [0.29, 0.717) is 22.4 Å². The van der Waals surface area contributed by atoms with Crippen LogP contribution in [0.4, 0.5) is 5.69 Å². The SMILES string of the molecule is C[C@@H](c1nc2ccccc2c(=O)[nH]1)N(c1ccccc1)S(C)(=O)=O. The second-order valence-electron chi connectivity index (χ2n) is 5.54. The van der Waals surface area contributed by atoms with Gasteiger partial charge < -0.3 is 4.98 Å². The third-order valence-corrected chi connectivity index (χ3v) is 4.99. The van der Waals surface area contributed by atoms with Crippen LogP contribution in [0.15, 0.2) is 59.4 Å². The largest absolute Gasteiger partial charge is 0.308 e. The Balaban J connectivity index is 2.15. The minimum Gasteiger partial charge on any atom is -0.308 e. The summed E-state index contributed by atoms with van der Waals surface area (Å²) >= 11 is 0. The molecule has 124 valence electrons. The number of fused-ring (bicyclic) bond motifs is 1. The van der Waals surface area contributed by atoms with Gasteiger partial charge in [-0.15, -0.1) is 0 Å². The quantitative estimate of drug-likeness (QED) is 0.789. The van der Waals surface area contributed by atoms with Crippen molar-refractivity contribution in [3.05, 3.63) is 70.8 Å². The lowest BCUT2D eigenvalue weighted by Crippen LogP contribution is -2.34. The fourth-order valence-electron chi connectivity index (χ4n) is 2.69. The number of benzene rings is 2. The maximum atomic E-state index is 12.3. The average Bonchev–Trinajstić information content (AvgIpc) is 2.54. The average molecular weight is 343 g/mol. The zero-order valence-electron chi connectivity index (χ0n) is 13.3. The van der Waals surface area contributed by atoms with Gasteiger partial charge in [0.15, 0.2) is 0 Å². The van der Waals surface area contributed by atoms with Crippen molar-refractivity contribution in [1.82, 2.24) is 9.97 Å². The van der Waals surface area contributed by atoms with E-state index in [9.17, 15) is 13.2 Å². The summed E-state index contributed by atoms with van der Waals surface area (Å²) in [6.07, 6.45) is 1.13. The highest BCUT2D eigenvalue weighted by Crippen LogP contribution is 2.27. The molecule has 2 aromatic carbocycles. The molecule has 1 heterocycles. The molecule has 0 saturated heterocycles. The number of nitrogens with one attached hydrogen (secondary N) is 1. The number of hydrogen-bond donors (Lipinski definition) is 1. The van der Waals surface area contributed by atoms with Gasteiger partial charge in [0, 0.05) is 0 Å². The second-order valence-corrected chi connectivity index (χ2v) is 7.40. The van der Waals surface area contributed by atoms with Gasteiger partial charge in [0.1, 0.15) is 11.9 Å². The molecule has 0 spiro atoms. The van der Waals surface area contributed by atoms with Gasteiger partial charge in [-0.05, 0) is 31.2 Å². The molecular formula is C17H17N3O3S. The van der Waals surface area contributed by atoms with Gasteiger partial charge in [-0.1, -0.05) is 30.3 Å². The molecule has 0 radical (unpaired) electrons. The summed E-state index contributed by atoms with van der Waals surface area (Å²) in [5.41, 5.74) is 0.761. The molecule has 0 fully saturated rings. The Morgan fingerprint density at radius 3 is 2.33 bits per heavy atom. The molecule has 0 bridgehead atoms.